The monoisotopic (exact) mass is 304 g/mol. The van der Waals surface area contributed by atoms with Crippen LogP contribution in [-0.4, -0.2) is 48.1 Å². The molecule has 0 aromatic heterocycles. The third-order valence-electron chi connectivity index (χ3n) is 5.19. The lowest BCUT2D eigenvalue weighted by Gasteiger charge is -2.46. The molecule has 2 nitrogen and oxygen atoms in total. The third-order valence-corrected chi connectivity index (χ3v) is 5.78. The summed E-state index contributed by atoms with van der Waals surface area (Å²) in [5, 5.41) is 3.92. The number of benzene rings is 1. The van der Waals surface area contributed by atoms with E-state index in [1.807, 2.05) is 11.8 Å². The van der Waals surface area contributed by atoms with E-state index in [2.05, 4.69) is 46.8 Å². The Morgan fingerprint density at radius 3 is 2.71 bits per heavy atom. The summed E-state index contributed by atoms with van der Waals surface area (Å²) in [6.45, 7) is 3.65. The van der Waals surface area contributed by atoms with Gasteiger partial charge in [0.1, 0.15) is 0 Å². The molecule has 21 heavy (non-hydrogen) atoms. The van der Waals surface area contributed by atoms with Crippen molar-refractivity contribution in [3.63, 3.8) is 0 Å². The van der Waals surface area contributed by atoms with Crippen LogP contribution >= 0.6 is 11.8 Å². The Labute approximate surface area is 133 Å². The quantitative estimate of drug-likeness (QED) is 0.899. The molecule has 0 bridgehead atoms. The molecule has 1 heterocycles. The van der Waals surface area contributed by atoms with Gasteiger partial charge in [-0.1, -0.05) is 43.2 Å². The fourth-order valence-electron chi connectivity index (χ4n) is 3.98. The summed E-state index contributed by atoms with van der Waals surface area (Å²) in [7, 11) is 0. The van der Waals surface area contributed by atoms with Crippen LogP contribution in [0.1, 0.15) is 31.2 Å². The minimum atomic E-state index is 0.436. The molecule has 2 aliphatic rings. The van der Waals surface area contributed by atoms with Gasteiger partial charge in [0.2, 0.25) is 0 Å². The predicted octanol–water partition coefficient (Wildman–Crippen LogP) is 3.18. The lowest BCUT2D eigenvalue weighted by Crippen LogP contribution is -2.63. The van der Waals surface area contributed by atoms with Crippen molar-refractivity contribution in [2.45, 2.75) is 43.7 Å². The molecule has 3 heteroatoms. The highest BCUT2D eigenvalue weighted by atomic mass is 32.2. The maximum absolute atomic E-state index is 3.92. The van der Waals surface area contributed by atoms with Crippen molar-refractivity contribution >= 4 is 11.8 Å². The molecular formula is C18H28N2S. The summed E-state index contributed by atoms with van der Waals surface area (Å²) < 4.78 is 0. The minimum absolute atomic E-state index is 0.436. The van der Waals surface area contributed by atoms with Crippen molar-refractivity contribution in [2.24, 2.45) is 0 Å². The van der Waals surface area contributed by atoms with Crippen LogP contribution in [0.3, 0.4) is 0 Å². The molecule has 1 saturated heterocycles. The van der Waals surface area contributed by atoms with Gasteiger partial charge in [-0.2, -0.15) is 11.8 Å². The van der Waals surface area contributed by atoms with Gasteiger partial charge in [-0.25, -0.2) is 0 Å². The molecule has 1 saturated carbocycles. The number of hydrogen-bond acceptors (Lipinski definition) is 3. The fourth-order valence-corrected chi connectivity index (χ4v) is 4.40. The second-order valence-electron chi connectivity index (χ2n) is 6.68. The molecule has 1 aliphatic carbocycles. The normalized spacial score (nSPS) is 25.5. The van der Waals surface area contributed by atoms with Crippen molar-refractivity contribution in [1.82, 2.24) is 10.2 Å². The number of thioether (sulfide) groups is 1. The first-order valence-corrected chi connectivity index (χ1v) is 9.73. The van der Waals surface area contributed by atoms with E-state index in [9.17, 15) is 0 Å². The predicted molar refractivity (Wildman–Crippen MR) is 93.1 cm³/mol. The number of nitrogens with zero attached hydrogens (tertiary/aromatic N) is 1. The molecule has 0 amide bonds. The SMILES string of the molecule is CSCCN1CC2(CCCC2)NCC1Cc1ccccc1. The fraction of sp³-hybridized carbons (Fsp3) is 0.667. The van der Waals surface area contributed by atoms with Crippen molar-refractivity contribution in [1.29, 1.82) is 0 Å². The van der Waals surface area contributed by atoms with E-state index in [-0.39, 0.29) is 0 Å². The van der Waals surface area contributed by atoms with Gasteiger partial charge in [0, 0.05) is 37.0 Å². The molecule has 2 fully saturated rings. The summed E-state index contributed by atoms with van der Waals surface area (Å²) in [5.74, 6) is 1.25. The van der Waals surface area contributed by atoms with Gasteiger partial charge in [-0.15, -0.1) is 0 Å². The van der Waals surface area contributed by atoms with Crippen LogP contribution in [0.2, 0.25) is 0 Å². The van der Waals surface area contributed by atoms with Crippen molar-refractivity contribution in [3.8, 4) is 0 Å². The first-order chi connectivity index (χ1) is 10.3. The Kier molecular flexibility index (Phi) is 5.25. The van der Waals surface area contributed by atoms with Gasteiger partial charge in [-0.3, -0.25) is 4.90 Å². The highest BCUT2D eigenvalue weighted by Crippen LogP contribution is 2.33. The smallest absolute Gasteiger partial charge is 0.0309 e. The van der Waals surface area contributed by atoms with Gasteiger partial charge < -0.3 is 5.32 Å². The summed E-state index contributed by atoms with van der Waals surface area (Å²) in [6, 6.07) is 11.6. The number of piperazine rings is 1. The molecule has 1 spiro atoms. The molecule has 0 radical (unpaired) electrons. The van der Waals surface area contributed by atoms with Gasteiger partial charge in [0.25, 0.3) is 0 Å². The molecule has 116 valence electrons. The highest BCUT2D eigenvalue weighted by Gasteiger charge is 2.40. The summed E-state index contributed by atoms with van der Waals surface area (Å²) in [4.78, 5) is 2.77. The second kappa shape index (κ2) is 7.17. The van der Waals surface area contributed by atoms with Crippen LogP contribution in [0.4, 0.5) is 0 Å². The lowest BCUT2D eigenvalue weighted by molar-refractivity contribution is 0.0865. The van der Waals surface area contributed by atoms with Crippen molar-refractivity contribution < 1.29 is 0 Å². The molecule has 1 aliphatic heterocycles. The highest BCUT2D eigenvalue weighted by molar-refractivity contribution is 7.98. The maximum Gasteiger partial charge on any atom is 0.0309 e. The second-order valence-corrected chi connectivity index (χ2v) is 7.66. The average molecular weight is 305 g/mol. The van der Waals surface area contributed by atoms with Crippen LogP contribution in [0.15, 0.2) is 30.3 Å². The molecular weight excluding hydrogens is 276 g/mol. The van der Waals surface area contributed by atoms with E-state index >= 15 is 0 Å². The van der Waals surface area contributed by atoms with E-state index in [1.165, 1.54) is 56.5 Å². The number of hydrogen-bond donors (Lipinski definition) is 1. The van der Waals surface area contributed by atoms with Crippen LogP contribution in [-0.2, 0) is 6.42 Å². The molecule has 3 rings (SSSR count). The van der Waals surface area contributed by atoms with Gasteiger partial charge >= 0.3 is 0 Å². The van der Waals surface area contributed by atoms with Crippen LogP contribution in [0, 0.1) is 0 Å². The summed E-state index contributed by atoms with van der Waals surface area (Å²) >= 11 is 1.97. The Bertz CT molecular complexity index is 428. The van der Waals surface area contributed by atoms with Gasteiger partial charge in [0.15, 0.2) is 0 Å². The molecule has 1 aromatic carbocycles. The molecule has 1 aromatic rings. The topological polar surface area (TPSA) is 15.3 Å². The zero-order valence-electron chi connectivity index (χ0n) is 13.2. The first kappa shape index (κ1) is 15.4. The first-order valence-electron chi connectivity index (χ1n) is 8.33. The minimum Gasteiger partial charge on any atom is -0.308 e. The summed E-state index contributed by atoms with van der Waals surface area (Å²) in [5.41, 5.74) is 1.91. The number of rotatable bonds is 5. The Balaban J connectivity index is 1.66. The number of nitrogens with one attached hydrogen (secondary N) is 1. The van der Waals surface area contributed by atoms with Gasteiger partial charge in [-0.05, 0) is 31.1 Å². The van der Waals surface area contributed by atoms with E-state index in [0.717, 1.165) is 6.54 Å². The molecule has 1 unspecified atom stereocenters. The van der Waals surface area contributed by atoms with Gasteiger partial charge in [0.05, 0.1) is 0 Å². The Morgan fingerprint density at radius 1 is 1.24 bits per heavy atom. The van der Waals surface area contributed by atoms with E-state index < -0.39 is 0 Å². The van der Waals surface area contributed by atoms with E-state index in [1.54, 1.807) is 0 Å². The summed E-state index contributed by atoms with van der Waals surface area (Å²) in [6.07, 6.45) is 8.97. The van der Waals surface area contributed by atoms with Crippen LogP contribution in [0.25, 0.3) is 0 Å². The lowest BCUT2D eigenvalue weighted by atomic mass is 9.90. The van der Waals surface area contributed by atoms with E-state index in [4.69, 9.17) is 0 Å². The largest absolute Gasteiger partial charge is 0.308 e. The maximum atomic E-state index is 3.92. The van der Waals surface area contributed by atoms with Crippen molar-refractivity contribution in [2.75, 3.05) is 31.6 Å². The standard InChI is InChI=1S/C18H28N2S/c1-21-12-11-20-15-18(9-5-6-10-18)19-14-17(20)13-16-7-3-2-4-8-16/h2-4,7-8,17,19H,5-6,9-15H2,1H3. The average Bonchev–Trinajstić information content (AvgIpc) is 2.97. The zero-order chi connectivity index (χ0) is 14.5. The third kappa shape index (κ3) is 3.82. The molecule has 1 atom stereocenters. The zero-order valence-corrected chi connectivity index (χ0v) is 14.0. The molecule has 1 N–H and O–H groups in total. The van der Waals surface area contributed by atoms with Crippen LogP contribution < -0.4 is 5.32 Å². The Hall–Kier alpha value is -0.510. The Morgan fingerprint density at radius 2 is 2.00 bits per heavy atom. The van der Waals surface area contributed by atoms with E-state index in [0.29, 0.717) is 11.6 Å². The van der Waals surface area contributed by atoms with Crippen molar-refractivity contribution in [3.05, 3.63) is 35.9 Å². The van der Waals surface area contributed by atoms with Crippen LogP contribution in [0.5, 0.6) is 0 Å².